The normalized spacial score (nSPS) is 45.9. The molecule has 110 valence electrons. The van der Waals surface area contributed by atoms with Crippen LogP contribution in [0.15, 0.2) is 0 Å². The van der Waals surface area contributed by atoms with Crippen LogP contribution in [0.5, 0.6) is 0 Å². The molecule has 1 saturated heterocycles. The van der Waals surface area contributed by atoms with E-state index in [4.69, 9.17) is 21.1 Å². The second kappa shape index (κ2) is 5.54. The zero-order chi connectivity index (χ0) is 13.5. The fourth-order valence-electron chi connectivity index (χ4n) is 4.42. The van der Waals surface area contributed by atoms with Crippen molar-refractivity contribution in [3.05, 3.63) is 0 Å². The largest absolute Gasteiger partial charge is 0.375 e. The van der Waals surface area contributed by atoms with E-state index in [1.807, 2.05) is 0 Å². The Morgan fingerprint density at radius 1 is 1.00 bits per heavy atom. The Bertz CT molecular complexity index is 304. The van der Waals surface area contributed by atoms with Crippen molar-refractivity contribution in [1.82, 2.24) is 0 Å². The minimum Gasteiger partial charge on any atom is -0.375 e. The van der Waals surface area contributed by atoms with Gasteiger partial charge in [0.1, 0.15) is 0 Å². The molecule has 3 rings (SSSR count). The lowest BCUT2D eigenvalue weighted by atomic mass is 9.58. The lowest BCUT2D eigenvalue weighted by Crippen LogP contribution is -2.58. The van der Waals surface area contributed by atoms with Crippen LogP contribution < -0.4 is 0 Å². The molecule has 2 nitrogen and oxygen atoms in total. The van der Waals surface area contributed by atoms with Crippen LogP contribution in [-0.4, -0.2) is 29.8 Å². The molecule has 3 fully saturated rings. The molecule has 3 aliphatic rings. The summed E-state index contributed by atoms with van der Waals surface area (Å²) < 4.78 is 12.3. The third-order valence-electron chi connectivity index (χ3n) is 5.48. The van der Waals surface area contributed by atoms with Gasteiger partial charge in [-0.15, -0.1) is 11.6 Å². The summed E-state index contributed by atoms with van der Waals surface area (Å²) in [5.41, 5.74) is 0.310. The number of alkyl halides is 1. The fourth-order valence-corrected chi connectivity index (χ4v) is 4.94. The van der Waals surface area contributed by atoms with Crippen molar-refractivity contribution in [2.45, 2.75) is 95.0 Å². The molecule has 0 aromatic heterocycles. The van der Waals surface area contributed by atoms with Crippen LogP contribution in [0.3, 0.4) is 0 Å². The van der Waals surface area contributed by atoms with E-state index in [0.717, 1.165) is 19.3 Å². The summed E-state index contributed by atoms with van der Waals surface area (Å²) in [5, 5.41) is 0.354. The number of halogens is 1. The van der Waals surface area contributed by atoms with E-state index >= 15 is 0 Å². The van der Waals surface area contributed by atoms with E-state index in [2.05, 4.69) is 13.8 Å². The average Bonchev–Trinajstić information content (AvgIpc) is 2.38. The van der Waals surface area contributed by atoms with Crippen molar-refractivity contribution in [2.24, 2.45) is 5.41 Å². The first-order valence-electron chi connectivity index (χ1n) is 8.05. The SMILES string of the molecule is CC1CC(OC2CC(Cl)C23CCCCC3)CC(C)O1. The quantitative estimate of drug-likeness (QED) is 0.705. The molecule has 2 saturated carbocycles. The Labute approximate surface area is 122 Å². The molecule has 4 atom stereocenters. The van der Waals surface area contributed by atoms with E-state index < -0.39 is 0 Å². The first-order chi connectivity index (χ1) is 9.10. The van der Waals surface area contributed by atoms with E-state index in [-0.39, 0.29) is 0 Å². The van der Waals surface area contributed by atoms with Gasteiger partial charge in [-0.25, -0.2) is 0 Å². The lowest BCUT2D eigenvalue weighted by molar-refractivity contribution is -0.186. The first-order valence-corrected chi connectivity index (χ1v) is 8.49. The Hall–Kier alpha value is 0.210. The van der Waals surface area contributed by atoms with E-state index in [9.17, 15) is 0 Å². The second-order valence-corrected chi connectivity index (χ2v) is 7.50. The predicted molar refractivity (Wildman–Crippen MR) is 77.7 cm³/mol. The van der Waals surface area contributed by atoms with Crippen molar-refractivity contribution in [1.29, 1.82) is 0 Å². The zero-order valence-electron chi connectivity index (χ0n) is 12.2. The van der Waals surface area contributed by atoms with E-state index in [1.54, 1.807) is 0 Å². The maximum atomic E-state index is 6.55. The van der Waals surface area contributed by atoms with Gasteiger partial charge in [-0.1, -0.05) is 19.3 Å². The Kier molecular flexibility index (Phi) is 4.13. The highest BCUT2D eigenvalue weighted by Crippen LogP contribution is 2.56. The Morgan fingerprint density at radius 3 is 2.21 bits per heavy atom. The molecular weight excluding hydrogens is 260 g/mol. The van der Waals surface area contributed by atoms with Gasteiger partial charge in [0.2, 0.25) is 0 Å². The highest BCUT2D eigenvalue weighted by atomic mass is 35.5. The van der Waals surface area contributed by atoms with Gasteiger partial charge in [0.25, 0.3) is 0 Å². The predicted octanol–water partition coefficient (Wildman–Crippen LogP) is 4.29. The smallest absolute Gasteiger partial charge is 0.0663 e. The minimum absolute atomic E-state index is 0.310. The molecule has 0 radical (unpaired) electrons. The van der Waals surface area contributed by atoms with Crippen molar-refractivity contribution in [3.63, 3.8) is 0 Å². The Balaban J connectivity index is 1.60. The third kappa shape index (κ3) is 2.69. The maximum Gasteiger partial charge on any atom is 0.0663 e. The number of rotatable bonds is 2. The zero-order valence-corrected chi connectivity index (χ0v) is 13.0. The van der Waals surface area contributed by atoms with Gasteiger partial charge in [0.05, 0.1) is 24.4 Å². The van der Waals surface area contributed by atoms with Gasteiger partial charge in [-0.2, -0.15) is 0 Å². The number of hydrogen-bond donors (Lipinski definition) is 0. The van der Waals surface area contributed by atoms with Crippen LogP contribution in [0.1, 0.15) is 65.2 Å². The summed E-state index contributed by atoms with van der Waals surface area (Å²) in [6, 6.07) is 0. The lowest BCUT2D eigenvalue weighted by Gasteiger charge is -2.56. The topological polar surface area (TPSA) is 18.5 Å². The van der Waals surface area contributed by atoms with E-state index in [0.29, 0.717) is 35.2 Å². The van der Waals surface area contributed by atoms with Crippen LogP contribution >= 0.6 is 11.6 Å². The minimum atomic E-state index is 0.310. The molecule has 3 heteroatoms. The molecule has 0 aromatic carbocycles. The monoisotopic (exact) mass is 286 g/mol. The molecule has 19 heavy (non-hydrogen) atoms. The molecule has 1 spiro atoms. The van der Waals surface area contributed by atoms with Crippen molar-refractivity contribution in [3.8, 4) is 0 Å². The fraction of sp³-hybridized carbons (Fsp3) is 1.00. The summed E-state index contributed by atoms with van der Waals surface area (Å²) in [6.45, 7) is 4.32. The average molecular weight is 287 g/mol. The van der Waals surface area contributed by atoms with Crippen molar-refractivity contribution in [2.75, 3.05) is 0 Å². The highest BCUT2D eigenvalue weighted by Gasteiger charge is 2.55. The maximum absolute atomic E-state index is 6.55. The van der Waals surface area contributed by atoms with Crippen LogP contribution in [0, 0.1) is 5.41 Å². The summed E-state index contributed by atoms with van der Waals surface area (Å²) >= 11 is 6.55. The van der Waals surface area contributed by atoms with E-state index in [1.165, 1.54) is 32.1 Å². The second-order valence-electron chi connectivity index (χ2n) is 6.97. The molecule has 4 unspecified atom stereocenters. The van der Waals surface area contributed by atoms with Crippen LogP contribution in [-0.2, 0) is 9.47 Å². The first kappa shape index (κ1) is 14.2. The summed E-state index contributed by atoms with van der Waals surface area (Å²) in [7, 11) is 0. The third-order valence-corrected chi connectivity index (χ3v) is 6.09. The summed E-state index contributed by atoms with van der Waals surface area (Å²) in [4.78, 5) is 0. The van der Waals surface area contributed by atoms with Crippen LogP contribution in [0.2, 0.25) is 0 Å². The summed E-state index contributed by atoms with van der Waals surface area (Å²) in [5.74, 6) is 0. The summed E-state index contributed by atoms with van der Waals surface area (Å²) in [6.07, 6.45) is 11.2. The van der Waals surface area contributed by atoms with Gasteiger partial charge in [-0.05, 0) is 46.0 Å². The molecule has 0 bridgehead atoms. The number of hydrogen-bond acceptors (Lipinski definition) is 2. The van der Waals surface area contributed by atoms with Crippen molar-refractivity contribution >= 4 is 11.6 Å². The van der Waals surface area contributed by atoms with Gasteiger partial charge < -0.3 is 9.47 Å². The Morgan fingerprint density at radius 2 is 1.63 bits per heavy atom. The highest BCUT2D eigenvalue weighted by molar-refractivity contribution is 6.21. The molecule has 0 amide bonds. The number of ether oxygens (including phenoxy) is 2. The molecule has 0 aromatic rings. The standard InChI is InChI=1S/C16H27ClO2/c1-11-8-13(9-12(2)18-11)19-15-10-14(17)16(15)6-4-3-5-7-16/h11-15H,3-10H2,1-2H3. The molecule has 1 aliphatic heterocycles. The van der Waals surface area contributed by atoms with Crippen molar-refractivity contribution < 1.29 is 9.47 Å². The van der Waals surface area contributed by atoms with Crippen LogP contribution in [0.4, 0.5) is 0 Å². The van der Waals surface area contributed by atoms with Gasteiger partial charge in [0.15, 0.2) is 0 Å². The molecule has 0 N–H and O–H groups in total. The van der Waals surface area contributed by atoms with Gasteiger partial charge in [-0.3, -0.25) is 0 Å². The van der Waals surface area contributed by atoms with Gasteiger partial charge >= 0.3 is 0 Å². The van der Waals surface area contributed by atoms with Gasteiger partial charge in [0, 0.05) is 10.8 Å². The molecular formula is C16H27ClO2. The van der Waals surface area contributed by atoms with Crippen LogP contribution in [0.25, 0.3) is 0 Å². The molecule has 2 aliphatic carbocycles. The molecule has 1 heterocycles.